The van der Waals surface area contributed by atoms with Crippen molar-refractivity contribution < 1.29 is 14.3 Å². The number of hydrogen-bond donors (Lipinski definition) is 0. The van der Waals surface area contributed by atoms with Gasteiger partial charge in [0, 0.05) is 31.7 Å². The zero-order chi connectivity index (χ0) is 14.7. The molecule has 1 aromatic rings. The quantitative estimate of drug-likeness (QED) is 0.595. The van der Waals surface area contributed by atoms with Gasteiger partial charge >= 0.3 is 5.97 Å². The van der Waals surface area contributed by atoms with Crippen molar-refractivity contribution in [2.24, 2.45) is 5.92 Å². The second-order valence-electron chi connectivity index (χ2n) is 5.24. The second-order valence-corrected chi connectivity index (χ2v) is 5.24. The Hall–Kier alpha value is -1.69. The van der Waals surface area contributed by atoms with Crippen LogP contribution in [0.15, 0.2) is 6.07 Å². The third-order valence-corrected chi connectivity index (χ3v) is 3.72. The molecular weight excluding hydrogens is 258 g/mol. The minimum atomic E-state index is -0.630. The molecule has 2 heterocycles. The number of Topliss-reactive ketones (excluding diaryl/α,β-unsaturated/α-hetero) is 1. The average Bonchev–Trinajstić information content (AvgIpc) is 2.75. The van der Waals surface area contributed by atoms with Gasteiger partial charge in [-0.25, -0.2) is 0 Å². The molecule has 20 heavy (non-hydrogen) atoms. The number of hydrogen-bond acceptors (Lipinski definition) is 5. The maximum atomic E-state index is 11.7. The monoisotopic (exact) mass is 279 g/mol. The Morgan fingerprint density at radius 2 is 2.20 bits per heavy atom. The van der Waals surface area contributed by atoms with Crippen LogP contribution < -0.4 is 0 Å². The molecule has 2 rings (SSSR count). The Morgan fingerprint density at radius 1 is 1.45 bits per heavy atom. The van der Waals surface area contributed by atoms with Gasteiger partial charge in [0.15, 0.2) is 0 Å². The van der Waals surface area contributed by atoms with Gasteiger partial charge < -0.3 is 4.74 Å². The first-order chi connectivity index (χ1) is 9.51. The van der Waals surface area contributed by atoms with E-state index in [1.165, 1.54) is 7.11 Å². The number of carbonyl (C=O) groups is 2. The van der Waals surface area contributed by atoms with Gasteiger partial charge in [0.1, 0.15) is 11.7 Å². The van der Waals surface area contributed by atoms with Crippen LogP contribution in [0.3, 0.4) is 0 Å². The normalized spacial score (nSPS) is 20.1. The molecule has 0 saturated carbocycles. The van der Waals surface area contributed by atoms with Crippen LogP contribution >= 0.6 is 0 Å². The molecule has 0 N–H and O–H groups in total. The number of esters is 1. The number of carbonyl (C=O) groups excluding carboxylic acids is 2. The summed E-state index contributed by atoms with van der Waals surface area (Å²) in [6, 6.07) is 2.04. The van der Waals surface area contributed by atoms with Gasteiger partial charge in [0.05, 0.1) is 19.3 Å². The lowest BCUT2D eigenvalue weighted by Crippen LogP contribution is -2.45. The molecule has 6 nitrogen and oxygen atoms in total. The summed E-state index contributed by atoms with van der Waals surface area (Å²) in [5.74, 6) is -1.07. The van der Waals surface area contributed by atoms with Crippen molar-refractivity contribution in [3.05, 3.63) is 17.5 Å². The Balaban J connectivity index is 1.92. The van der Waals surface area contributed by atoms with Crippen LogP contribution in [-0.2, 0) is 20.9 Å². The van der Waals surface area contributed by atoms with E-state index in [9.17, 15) is 9.59 Å². The predicted octanol–water partition coefficient (Wildman–Crippen LogP) is 0.564. The highest BCUT2D eigenvalue weighted by molar-refractivity contribution is 5.99. The molecule has 1 aromatic heterocycles. The van der Waals surface area contributed by atoms with Crippen LogP contribution in [0.2, 0.25) is 0 Å². The molecule has 0 aliphatic carbocycles. The number of ether oxygens (including phenoxy) is 1. The molecule has 1 atom stereocenters. The highest BCUT2D eigenvalue weighted by Gasteiger charge is 2.33. The molecule has 0 radical (unpaired) electrons. The molecule has 0 amide bonds. The van der Waals surface area contributed by atoms with Gasteiger partial charge in [0.2, 0.25) is 0 Å². The molecule has 1 fully saturated rings. The van der Waals surface area contributed by atoms with E-state index in [0.717, 1.165) is 24.5 Å². The van der Waals surface area contributed by atoms with E-state index < -0.39 is 11.9 Å². The summed E-state index contributed by atoms with van der Waals surface area (Å²) in [5, 5.41) is 4.41. The molecule has 1 aliphatic heterocycles. The molecule has 1 aliphatic rings. The molecule has 110 valence electrons. The van der Waals surface area contributed by atoms with Crippen molar-refractivity contribution in [1.82, 2.24) is 14.7 Å². The first kappa shape index (κ1) is 14.7. The van der Waals surface area contributed by atoms with E-state index in [-0.39, 0.29) is 5.78 Å². The number of methoxy groups -OCH3 is 1. The smallest absolute Gasteiger partial charge is 0.317 e. The van der Waals surface area contributed by atoms with Crippen molar-refractivity contribution in [3.63, 3.8) is 0 Å². The maximum Gasteiger partial charge on any atom is 0.317 e. The largest absolute Gasteiger partial charge is 0.468 e. The number of likely N-dealkylation sites (tertiary alicyclic amines) is 1. The second kappa shape index (κ2) is 6.17. The molecule has 6 heteroatoms. The summed E-state index contributed by atoms with van der Waals surface area (Å²) < 4.78 is 6.65. The number of ketones is 1. The highest BCUT2D eigenvalue weighted by Crippen LogP contribution is 2.14. The lowest BCUT2D eigenvalue weighted by molar-refractivity contribution is -0.151. The number of nitrogens with zero attached hydrogens (tertiary/aromatic N) is 3. The summed E-state index contributed by atoms with van der Waals surface area (Å²) >= 11 is 0. The van der Waals surface area contributed by atoms with E-state index in [4.69, 9.17) is 0 Å². The van der Waals surface area contributed by atoms with Gasteiger partial charge in [-0.15, -0.1) is 0 Å². The third-order valence-electron chi connectivity index (χ3n) is 3.72. The van der Waals surface area contributed by atoms with Crippen LogP contribution in [0.1, 0.15) is 17.8 Å². The van der Waals surface area contributed by atoms with Crippen molar-refractivity contribution in [1.29, 1.82) is 0 Å². The Kier molecular flexibility index (Phi) is 4.54. The highest BCUT2D eigenvalue weighted by atomic mass is 16.5. The molecule has 0 aromatic carbocycles. The van der Waals surface area contributed by atoms with E-state index >= 15 is 0 Å². The van der Waals surface area contributed by atoms with Gasteiger partial charge in [0.25, 0.3) is 0 Å². The Bertz CT molecular complexity index is 502. The van der Waals surface area contributed by atoms with Gasteiger partial charge in [-0.3, -0.25) is 19.2 Å². The number of aromatic nitrogens is 2. The van der Waals surface area contributed by atoms with Crippen LogP contribution in [0.25, 0.3) is 0 Å². The average molecular weight is 279 g/mol. The van der Waals surface area contributed by atoms with E-state index in [1.807, 2.05) is 24.6 Å². The lowest BCUT2D eigenvalue weighted by atomic mass is 9.96. The molecule has 1 unspecified atom stereocenters. The fourth-order valence-corrected chi connectivity index (χ4v) is 2.58. The molecular formula is C14H21N3O3. The minimum Gasteiger partial charge on any atom is -0.468 e. The number of piperidine rings is 1. The summed E-state index contributed by atoms with van der Waals surface area (Å²) in [5.41, 5.74) is 2.13. The van der Waals surface area contributed by atoms with Crippen molar-refractivity contribution in [3.8, 4) is 0 Å². The van der Waals surface area contributed by atoms with Crippen LogP contribution in [0.4, 0.5) is 0 Å². The minimum absolute atomic E-state index is 0.0146. The number of aryl methyl sites for hydroxylation is 2. The van der Waals surface area contributed by atoms with E-state index in [0.29, 0.717) is 19.5 Å². The first-order valence-corrected chi connectivity index (χ1v) is 6.85. The third kappa shape index (κ3) is 3.25. The standard InChI is InChI=1S/C14H21N3O3/c1-10-8-11(2)17(15-10)7-6-16-5-4-13(18)12(9-16)14(19)20-3/h8,12H,4-7,9H2,1-3H3. The van der Waals surface area contributed by atoms with Gasteiger partial charge in [-0.05, 0) is 19.9 Å². The van der Waals surface area contributed by atoms with Crippen LogP contribution in [-0.4, -0.2) is 53.2 Å². The topological polar surface area (TPSA) is 64.4 Å². The first-order valence-electron chi connectivity index (χ1n) is 6.85. The van der Waals surface area contributed by atoms with E-state index in [2.05, 4.69) is 14.7 Å². The molecule has 0 bridgehead atoms. The summed E-state index contributed by atoms with van der Waals surface area (Å²) in [6.45, 7) is 6.69. The van der Waals surface area contributed by atoms with Crippen LogP contribution in [0.5, 0.6) is 0 Å². The van der Waals surface area contributed by atoms with Crippen molar-refractivity contribution in [2.45, 2.75) is 26.8 Å². The number of rotatable bonds is 4. The Morgan fingerprint density at radius 3 is 2.80 bits per heavy atom. The fourth-order valence-electron chi connectivity index (χ4n) is 2.58. The van der Waals surface area contributed by atoms with E-state index in [1.54, 1.807) is 0 Å². The van der Waals surface area contributed by atoms with Crippen molar-refractivity contribution >= 4 is 11.8 Å². The summed E-state index contributed by atoms with van der Waals surface area (Å²) in [4.78, 5) is 25.4. The zero-order valence-corrected chi connectivity index (χ0v) is 12.3. The lowest BCUT2D eigenvalue weighted by Gasteiger charge is -2.30. The molecule has 0 spiro atoms. The molecule has 1 saturated heterocycles. The SMILES string of the molecule is COC(=O)C1CN(CCn2nc(C)cc2C)CCC1=O. The fraction of sp³-hybridized carbons (Fsp3) is 0.643. The summed E-state index contributed by atoms with van der Waals surface area (Å²) in [6.07, 6.45) is 0.414. The Labute approximate surface area is 118 Å². The van der Waals surface area contributed by atoms with Gasteiger partial charge in [-0.2, -0.15) is 5.10 Å². The van der Waals surface area contributed by atoms with Crippen molar-refractivity contribution in [2.75, 3.05) is 26.7 Å². The maximum absolute atomic E-state index is 11.7. The predicted molar refractivity (Wildman–Crippen MR) is 73.3 cm³/mol. The summed E-state index contributed by atoms with van der Waals surface area (Å²) in [7, 11) is 1.32. The zero-order valence-electron chi connectivity index (χ0n) is 12.3. The van der Waals surface area contributed by atoms with Gasteiger partial charge in [-0.1, -0.05) is 0 Å². The van der Waals surface area contributed by atoms with Crippen LogP contribution in [0, 0.1) is 19.8 Å².